The first-order valence-corrected chi connectivity index (χ1v) is 9.45. The summed E-state index contributed by atoms with van der Waals surface area (Å²) < 4.78 is 6.59. The van der Waals surface area contributed by atoms with Crippen LogP contribution >= 0.6 is 39.1 Å². The van der Waals surface area contributed by atoms with Crippen LogP contribution < -0.4 is 10.2 Å². The van der Waals surface area contributed by atoms with Crippen LogP contribution in [0, 0.1) is 11.3 Å². The zero-order chi connectivity index (χ0) is 18.7. The second-order valence-electron chi connectivity index (χ2n) is 5.74. The number of rotatable bonds is 4. The first-order chi connectivity index (χ1) is 12.5. The lowest BCUT2D eigenvalue weighted by Crippen LogP contribution is -2.17. The summed E-state index contributed by atoms with van der Waals surface area (Å²) in [5.41, 5.74) is 0.283. The molecule has 1 amide bonds. The van der Waals surface area contributed by atoms with E-state index in [1.807, 2.05) is 6.07 Å². The Kier molecular flexibility index (Phi) is 5.92. The minimum absolute atomic E-state index is 0.0924. The molecule has 8 heteroatoms. The van der Waals surface area contributed by atoms with Crippen molar-refractivity contribution in [3.8, 4) is 6.07 Å². The summed E-state index contributed by atoms with van der Waals surface area (Å²) in [6, 6.07) is 8.33. The van der Waals surface area contributed by atoms with E-state index in [2.05, 4.69) is 26.1 Å². The molecule has 0 unspecified atom stereocenters. The van der Waals surface area contributed by atoms with Gasteiger partial charge in [0, 0.05) is 30.3 Å². The van der Waals surface area contributed by atoms with Gasteiger partial charge >= 0.3 is 0 Å². The standard InChI is InChI=1S/C18H14BrCl2N3O2/c19-14-9-13(26-18(14)24-5-1-2-6-24)7-11(10-22)17(25)23-16-4-3-12(20)8-15(16)21/h3-4,7-9H,1-2,5-6H2,(H,23,25)/b11-7-. The summed E-state index contributed by atoms with van der Waals surface area (Å²) in [6.07, 6.45) is 3.64. The molecule has 3 rings (SSSR count). The third-order valence-corrected chi connectivity index (χ3v) is 5.03. The molecule has 1 fully saturated rings. The van der Waals surface area contributed by atoms with Gasteiger partial charge in [0.25, 0.3) is 5.91 Å². The number of nitrogens with zero attached hydrogens (tertiary/aromatic N) is 2. The average molecular weight is 455 g/mol. The number of nitrogens with one attached hydrogen (secondary N) is 1. The zero-order valence-electron chi connectivity index (χ0n) is 13.6. The number of benzene rings is 1. The Morgan fingerprint density at radius 2 is 2.04 bits per heavy atom. The van der Waals surface area contributed by atoms with E-state index in [0.717, 1.165) is 30.4 Å². The first-order valence-electron chi connectivity index (χ1n) is 7.90. The fraction of sp³-hybridized carbons (Fsp3) is 0.222. The van der Waals surface area contributed by atoms with Gasteiger partial charge in [-0.25, -0.2) is 0 Å². The van der Waals surface area contributed by atoms with E-state index in [1.165, 1.54) is 12.1 Å². The Hall–Kier alpha value is -1.94. The van der Waals surface area contributed by atoms with Crippen LogP contribution in [-0.4, -0.2) is 19.0 Å². The molecule has 0 radical (unpaired) electrons. The number of carbonyl (C=O) groups is 1. The highest BCUT2D eigenvalue weighted by Crippen LogP contribution is 2.33. The van der Waals surface area contributed by atoms with Crippen molar-refractivity contribution in [3.63, 3.8) is 0 Å². The molecule has 1 aromatic heterocycles. The predicted octanol–water partition coefficient (Wildman–Crippen LogP) is 5.49. The van der Waals surface area contributed by atoms with Gasteiger partial charge in [-0.3, -0.25) is 4.79 Å². The lowest BCUT2D eigenvalue weighted by molar-refractivity contribution is -0.112. The molecule has 1 N–H and O–H groups in total. The third-order valence-electron chi connectivity index (χ3n) is 3.91. The SMILES string of the molecule is N#C/C(=C/c1cc(Br)c(N2CCCC2)o1)C(=O)Nc1ccc(Cl)cc1Cl. The van der Waals surface area contributed by atoms with Crippen LogP contribution in [0.1, 0.15) is 18.6 Å². The highest BCUT2D eigenvalue weighted by Gasteiger charge is 2.20. The van der Waals surface area contributed by atoms with Gasteiger partial charge in [-0.2, -0.15) is 5.26 Å². The van der Waals surface area contributed by atoms with Gasteiger partial charge < -0.3 is 14.6 Å². The van der Waals surface area contributed by atoms with E-state index < -0.39 is 5.91 Å². The Bertz CT molecular complexity index is 912. The number of carbonyl (C=O) groups excluding carboxylic acids is 1. The molecule has 26 heavy (non-hydrogen) atoms. The lowest BCUT2D eigenvalue weighted by Gasteiger charge is -2.13. The van der Waals surface area contributed by atoms with Crippen molar-refractivity contribution in [1.82, 2.24) is 0 Å². The predicted molar refractivity (Wildman–Crippen MR) is 107 cm³/mol. The molecule has 1 aromatic carbocycles. The number of hydrogen-bond acceptors (Lipinski definition) is 4. The fourth-order valence-corrected chi connectivity index (χ4v) is 3.67. The molecule has 1 saturated heterocycles. The van der Waals surface area contributed by atoms with Crippen molar-refractivity contribution in [2.75, 3.05) is 23.3 Å². The molecule has 0 atom stereocenters. The smallest absolute Gasteiger partial charge is 0.266 e. The highest BCUT2D eigenvalue weighted by atomic mass is 79.9. The second-order valence-corrected chi connectivity index (χ2v) is 7.44. The summed E-state index contributed by atoms with van der Waals surface area (Å²) in [5, 5.41) is 12.7. The van der Waals surface area contributed by atoms with Crippen LogP contribution in [0.2, 0.25) is 10.0 Å². The molecule has 5 nitrogen and oxygen atoms in total. The van der Waals surface area contributed by atoms with E-state index in [9.17, 15) is 10.1 Å². The molecule has 0 aliphatic carbocycles. The molecule has 0 bridgehead atoms. The number of nitriles is 1. The molecule has 2 heterocycles. The van der Waals surface area contributed by atoms with E-state index in [4.69, 9.17) is 27.6 Å². The van der Waals surface area contributed by atoms with Gasteiger partial charge in [0.1, 0.15) is 17.4 Å². The monoisotopic (exact) mass is 453 g/mol. The molecular formula is C18H14BrCl2N3O2. The minimum Gasteiger partial charge on any atom is -0.440 e. The molecule has 1 aliphatic heterocycles. The Balaban J connectivity index is 1.80. The average Bonchev–Trinajstić information content (AvgIpc) is 3.24. The fourth-order valence-electron chi connectivity index (χ4n) is 2.65. The topological polar surface area (TPSA) is 69.3 Å². The number of anilines is 2. The third kappa shape index (κ3) is 4.24. The van der Waals surface area contributed by atoms with Crippen molar-refractivity contribution in [2.24, 2.45) is 0 Å². The minimum atomic E-state index is -0.577. The van der Waals surface area contributed by atoms with Crippen molar-refractivity contribution in [2.45, 2.75) is 12.8 Å². The Labute approximate surface area is 169 Å². The summed E-state index contributed by atoms with van der Waals surface area (Å²) in [7, 11) is 0. The number of hydrogen-bond donors (Lipinski definition) is 1. The quantitative estimate of drug-likeness (QED) is 0.489. The van der Waals surface area contributed by atoms with E-state index in [0.29, 0.717) is 27.4 Å². The van der Waals surface area contributed by atoms with Crippen molar-refractivity contribution < 1.29 is 9.21 Å². The van der Waals surface area contributed by atoms with Crippen LogP contribution in [0.4, 0.5) is 11.6 Å². The van der Waals surface area contributed by atoms with E-state index in [1.54, 1.807) is 18.2 Å². The lowest BCUT2D eigenvalue weighted by atomic mass is 10.2. The summed E-state index contributed by atoms with van der Waals surface area (Å²) in [6.45, 7) is 1.85. The van der Waals surface area contributed by atoms with Gasteiger partial charge in [0.05, 0.1) is 15.2 Å². The summed E-state index contributed by atoms with van der Waals surface area (Å²) in [4.78, 5) is 14.5. The second kappa shape index (κ2) is 8.17. The first kappa shape index (κ1) is 18.8. The molecule has 0 spiro atoms. The van der Waals surface area contributed by atoms with Crippen LogP contribution in [-0.2, 0) is 4.79 Å². The maximum Gasteiger partial charge on any atom is 0.266 e. The zero-order valence-corrected chi connectivity index (χ0v) is 16.7. The normalized spacial score (nSPS) is 14.4. The molecule has 2 aromatic rings. The maximum atomic E-state index is 12.4. The van der Waals surface area contributed by atoms with Crippen LogP contribution in [0.15, 0.2) is 38.7 Å². The van der Waals surface area contributed by atoms with Gasteiger partial charge in [-0.1, -0.05) is 23.2 Å². The molecule has 0 saturated carbocycles. The summed E-state index contributed by atoms with van der Waals surface area (Å²) in [5.74, 6) is 0.562. The summed E-state index contributed by atoms with van der Waals surface area (Å²) >= 11 is 15.4. The van der Waals surface area contributed by atoms with Gasteiger partial charge in [-0.15, -0.1) is 0 Å². The largest absolute Gasteiger partial charge is 0.440 e. The number of halogens is 3. The Morgan fingerprint density at radius 3 is 2.69 bits per heavy atom. The van der Waals surface area contributed by atoms with Crippen LogP contribution in [0.3, 0.4) is 0 Å². The van der Waals surface area contributed by atoms with Gasteiger partial charge in [0.15, 0.2) is 0 Å². The molecular weight excluding hydrogens is 441 g/mol. The van der Waals surface area contributed by atoms with Crippen LogP contribution in [0.25, 0.3) is 6.08 Å². The van der Waals surface area contributed by atoms with Crippen molar-refractivity contribution in [1.29, 1.82) is 5.26 Å². The van der Waals surface area contributed by atoms with E-state index >= 15 is 0 Å². The number of amides is 1. The van der Waals surface area contributed by atoms with Gasteiger partial charge in [0.2, 0.25) is 5.88 Å². The molecule has 1 aliphatic rings. The highest BCUT2D eigenvalue weighted by molar-refractivity contribution is 9.10. The molecule has 134 valence electrons. The van der Waals surface area contributed by atoms with Gasteiger partial charge in [-0.05, 0) is 47.0 Å². The Morgan fingerprint density at radius 1 is 1.31 bits per heavy atom. The van der Waals surface area contributed by atoms with Crippen molar-refractivity contribution >= 4 is 62.7 Å². The maximum absolute atomic E-state index is 12.4. The number of furan rings is 1. The van der Waals surface area contributed by atoms with E-state index in [-0.39, 0.29) is 5.57 Å². The van der Waals surface area contributed by atoms with Crippen molar-refractivity contribution in [3.05, 3.63) is 50.1 Å². The van der Waals surface area contributed by atoms with Crippen LogP contribution in [0.5, 0.6) is 0 Å².